The summed E-state index contributed by atoms with van der Waals surface area (Å²) in [6.45, 7) is 3.68. The zero-order valence-corrected chi connectivity index (χ0v) is 11.1. The molecule has 19 heavy (non-hydrogen) atoms. The number of ether oxygens (including phenoxy) is 1. The van der Waals surface area contributed by atoms with E-state index in [2.05, 4.69) is 5.32 Å². The maximum atomic E-state index is 11.7. The number of carboxylic acid groups (broad SMARTS) is 1. The molecule has 0 saturated heterocycles. The molecule has 0 saturated carbocycles. The van der Waals surface area contributed by atoms with Gasteiger partial charge in [-0.2, -0.15) is 0 Å². The largest absolute Gasteiger partial charge is 0.479 e. The fourth-order valence-corrected chi connectivity index (χ4v) is 1.47. The maximum Gasteiger partial charge on any atom is 0.330 e. The maximum absolute atomic E-state index is 11.7. The van der Waals surface area contributed by atoms with E-state index in [4.69, 9.17) is 9.84 Å². The van der Waals surface area contributed by atoms with Gasteiger partial charge >= 0.3 is 5.97 Å². The molecule has 5 heteroatoms. The molecule has 2 atom stereocenters. The normalized spacial score (nSPS) is 13.6. The van der Waals surface area contributed by atoms with Crippen molar-refractivity contribution in [1.29, 1.82) is 0 Å². The first-order chi connectivity index (χ1) is 9.04. The van der Waals surface area contributed by atoms with Crippen molar-refractivity contribution < 1.29 is 19.4 Å². The average molecular weight is 265 g/mol. The molecule has 1 unspecified atom stereocenters. The summed E-state index contributed by atoms with van der Waals surface area (Å²) in [6.07, 6.45) is 0.777. The van der Waals surface area contributed by atoms with E-state index < -0.39 is 17.9 Å². The summed E-state index contributed by atoms with van der Waals surface area (Å²) in [5.41, 5.74) is 0.534. The lowest BCUT2D eigenvalue weighted by molar-refractivity contribution is -0.143. The summed E-state index contributed by atoms with van der Waals surface area (Å²) < 4.78 is 5.26. The number of amides is 1. The Morgan fingerprint density at radius 1 is 1.32 bits per heavy atom. The van der Waals surface area contributed by atoms with Crippen molar-refractivity contribution in [3.8, 4) is 0 Å². The number of hydrogen-bond donors (Lipinski definition) is 2. The van der Waals surface area contributed by atoms with E-state index in [0.29, 0.717) is 5.56 Å². The second-order valence-corrected chi connectivity index (χ2v) is 4.28. The fraction of sp³-hybridized carbons (Fsp3) is 0.429. The van der Waals surface area contributed by atoms with Gasteiger partial charge in [0.25, 0.3) is 0 Å². The molecule has 1 rings (SSSR count). The van der Waals surface area contributed by atoms with Gasteiger partial charge in [-0.1, -0.05) is 37.3 Å². The fourth-order valence-electron chi connectivity index (χ4n) is 1.47. The van der Waals surface area contributed by atoms with Crippen molar-refractivity contribution >= 4 is 11.9 Å². The van der Waals surface area contributed by atoms with Crippen LogP contribution in [0, 0.1) is 0 Å². The lowest BCUT2D eigenvalue weighted by atomic mass is 10.1. The molecule has 0 fully saturated rings. The second-order valence-electron chi connectivity index (χ2n) is 4.28. The SMILES string of the molecule is CCC(C)OCC(=O)N[C@H](C(=O)O)c1ccccc1. The lowest BCUT2D eigenvalue weighted by Gasteiger charge is -2.16. The predicted molar refractivity (Wildman–Crippen MR) is 70.7 cm³/mol. The summed E-state index contributed by atoms with van der Waals surface area (Å²) in [6, 6.07) is 7.52. The Hall–Kier alpha value is -1.88. The van der Waals surface area contributed by atoms with Crippen molar-refractivity contribution in [2.45, 2.75) is 32.4 Å². The Kier molecular flexibility index (Phi) is 6.02. The Morgan fingerprint density at radius 3 is 2.47 bits per heavy atom. The smallest absolute Gasteiger partial charge is 0.330 e. The van der Waals surface area contributed by atoms with Crippen LogP contribution < -0.4 is 5.32 Å². The van der Waals surface area contributed by atoms with E-state index in [1.807, 2.05) is 13.8 Å². The van der Waals surface area contributed by atoms with Crippen LogP contribution in [0.1, 0.15) is 31.9 Å². The van der Waals surface area contributed by atoms with E-state index in [9.17, 15) is 9.59 Å². The molecule has 1 amide bonds. The molecule has 0 bridgehead atoms. The van der Waals surface area contributed by atoms with Crippen LogP contribution in [0.2, 0.25) is 0 Å². The number of aliphatic carboxylic acids is 1. The van der Waals surface area contributed by atoms with Gasteiger partial charge in [0.05, 0.1) is 6.10 Å². The van der Waals surface area contributed by atoms with Crippen LogP contribution in [-0.4, -0.2) is 29.7 Å². The highest BCUT2D eigenvalue weighted by atomic mass is 16.5. The van der Waals surface area contributed by atoms with Crippen LogP contribution in [0.3, 0.4) is 0 Å². The molecule has 5 nitrogen and oxygen atoms in total. The van der Waals surface area contributed by atoms with Crippen LogP contribution in [0.25, 0.3) is 0 Å². The molecule has 0 aliphatic rings. The number of rotatable bonds is 7. The molecule has 0 aliphatic heterocycles. The number of carbonyl (C=O) groups is 2. The van der Waals surface area contributed by atoms with Crippen molar-refractivity contribution in [2.75, 3.05) is 6.61 Å². The van der Waals surface area contributed by atoms with Gasteiger partial charge in [0.2, 0.25) is 5.91 Å². The van der Waals surface area contributed by atoms with E-state index in [-0.39, 0.29) is 12.7 Å². The Labute approximate surface area is 112 Å². The van der Waals surface area contributed by atoms with Gasteiger partial charge in [0.15, 0.2) is 6.04 Å². The Bertz CT molecular complexity index is 419. The number of nitrogens with one attached hydrogen (secondary N) is 1. The summed E-state index contributed by atoms with van der Waals surface area (Å²) in [5, 5.41) is 11.6. The molecule has 0 aliphatic carbocycles. The standard InChI is InChI=1S/C14H19NO4/c1-3-10(2)19-9-12(16)15-13(14(17)18)11-7-5-4-6-8-11/h4-8,10,13H,3,9H2,1-2H3,(H,15,16)(H,17,18)/t10?,13-/m0/s1. The third-order valence-electron chi connectivity index (χ3n) is 2.76. The third kappa shape index (κ3) is 5.09. The quantitative estimate of drug-likeness (QED) is 0.787. The molecular weight excluding hydrogens is 246 g/mol. The summed E-state index contributed by atoms with van der Waals surface area (Å²) in [4.78, 5) is 22.8. The van der Waals surface area contributed by atoms with Gasteiger partial charge in [-0.15, -0.1) is 0 Å². The highest BCUT2D eigenvalue weighted by Crippen LogP contribution is 2.12. The van der Waals surface area contributed by atoms with Gasteiger partial charge in [-0.3, -0.25) is 4.79 Å². The number of carbonyl (C=O) groups excluding carboxylic acids is 1. The van der Waals surface area contributed by atoms with Gasteiger partial charge < -0.3 is 15.2 Å². The first kappa shape index (κ1) is 15.2. The summed E-state index contributed by atoms with van der Waals surface area (Å²) >= 11 is 0. The van der Waals surface area contributed by atoms with Crippen molar-refractivity contribution in [3.05, 3.63) is 35.9 Å². The monoisotopic (exact) mass is 265 g/mol. The second kappa shape index (κ2) is 7.53. The van der Waals surface area contributed by atoms with Crippen molar-refractivity contribution in [1.82, 2.24) is 5.32 Å². The van der Waals surface area contributed by atoms with Crippen molar-refractivity contribution in [3.63, 3.8) is 0 Å². The van der Waals surface area contributed by atoms with Crippen LogP contribution in [0.15, 0.2) is 30.3 Å². The van der Waals surface area contributed by atoms with Crippen LogP contribution >= 0.6 is 0 Å². The molecule has 1 aromatic carbocycles. The topological polar surface area (TPSA) is 75.6 Å². The van der Waals surface area contributed by atoms with Crippen LogP contribution in [0.4, 0.5) is 0 Å². The zero-order chi connectivity index (χ0) is 14.3. The highest BCUT2D eigenvalue weighted by molar-refractivity contribution is 5.85. The molecule has 0 heterocycles. The average Bonchev–Trinajstić information content (AvgIpc) is 2.42. The third-order valence-corrected chi connectivity index (χ3v) is 2.76. The summed E-state index contributed by atoms with van der Waals surface area (Å²) in [5.74, 6) is -1.53. The van der Waals surface area contributed by atoms with E-state index in [0.717, 1.165) is 6.42 Å². The van der Waals surface area contributed by atoms with E-state index in [1.165, 1.54) is 0 Å². The minimum atomic E-state index is -1.09. The Balaban J connectivity index is 2.60. The highest BCUT2D eigenvalue weighted by Gasteiger charge is 2.21. The van der Waals surface area contributed by atoms with Crippen molar-refractivity contribution in [2.24, 2.45) is 0 Å². The van der Waals surface area contributed by atoms with Gasteiger partial charge in [0.1, 0.15) is 6.61 Å². The first-order valence-electron chi connectivity index (χ1n) is 6.23. The first-order valence-corrected chi connectivity index (χ1v) is 6.23. The molecule has 0 aromatic heterocycles. The van der Waals surface area contributed by atoms with E-state index in [1.54, 1.807) is 30.3 Å². The lowest BCUT2D eigenvalue weighted by Crippen LogP contribution is -2.36. The van der Waals surface area contributed by atoms with Gasteiger partial charge in [0, 0.05) is 0 Å². The number of carboxylic acids is 1. The molecule has 0 radical (unpaired) electrons. The summed E-state index contributed by atoms with van der Waals surface area (Å²) in [7, 11) is 0. The van der Waals surface area contributed by atoms with Crippen LogP contribution in [0.5, 0.6) is 0 Å². The van der Waals surface area contributed by atoms with Gasteiger partial charge in [-0.05, 0) is 18.9 Å². The number of hydrogen-bond acceptors (Lipinski definition) is 3. The predicted octanol–water partition coefficient (Wildman–Crippen LogP) is 1.74. The zero-order valence-electron chi connectivity index (χ0n) is 11.1. The molecule has 1 aromatic rings. The minimum Gasteiger partial charge on any atom is -0.479 e. The molecule has 104 valence electrons. The van der Waals surface area contributed by atoms with E-state index >= 15 is 0 Å². The Morgan fingerprint density at radius 2 is 1.95 bits per heavy atom. The van der Waals surface area contributed by atoms with Gasteiger partial charge in [-0.25, -0.2) is 4.79 Å². The molecular formula is C14H19NO4. The molecule has 0 spiro atoms. The van der Waals surface area contributed by atoms with Crippen LogP contribution in [-0.2, 0) is 14.3 Å². The number of benzene rings is 1. The minimum absolute atomic E-state index is 0.0225. The molecule has 2 N–H and O–H groups in total.